The Morgan fingerprint density at radius 1 is 1.14 bits per heavy atom. The summed E-state index contributed by atoms with van der Waals surface area (Å²) >= 11 is 0. The molecule has 0 fully saturated rings. The molecule has 1 heterocycles. The van der Waals surface area contributed by atoms with E-state index in [1.54, 1.807) is 0 Å². The summed E-state index contributed by atoms with van der Waals surface area (Å²) in [5, 5.41) is 3.39. The molecule has 1 aromatic carbocycles. The van der Waals surface area contributed by atoms with Crippen LogP contribution in [0.2, 0.25) is 0 Å². The van der Waals surface area contributed by atoms with Crippen molar-refractivity contribution in [3.63, 3.8) is 0 Å². The summed E-state index contributed by atoms with van der Waals surface area (Å²) in [6.45, 7) is 8.67. The second-order valence-electron chi connectivity index (χ2n) is 5.26. The van der Waals surface area contributed by atoms with E-state index in [-0.39, 0.29) is 0 Å². The average molecular weight is 287 g/mol. The molecule has 114 valence electrons. The Balaban J connectivity index is 1.89. The first kappa shape index (κ1) is 15.6. The Hall–Kier alpha value is -1.74. The molecule has 0 spiro atoms. The molecule has 0 amide bonds. The van der Waals surface area contributed by atoms with Crippen molar-refractivity contribution in [2.45, 2.75) is 46.8 Å². The van der Waals surface area contributed by atoms with Crippen LogP contribution in [0.25, 0.3) is 0 Å². The van der Waals surface area contributed by atoms with Gasteiger partial charge in [-0.05, 0) is 50.1 Å². The van der Waals surface area contributed by atoms with E-state index < -0.39 is 0 Å². The molecule has 0 aliphatic heterocycles. The van der Waals surface area contributed by atoms with Gasteiger partial charge in [0.05, 0.1) is 0 Å². The molecule has 1 N–H and O–H groups in total. The Morgan fingerprint density at radius 2 is 1.90 bits per heavy atom. The summed E-state index contributed by atoms with van der Waals surface area (Å²) in [7, 11) is 0. The third-order valence-corrected chi connectivity index (χ3v) is 3.53. The second kappa shape index (κ2) is 7.89. The Kier molecular flexibility index (Phi) is 5.88. The van der Waals surface area contributed by atoms with Gasteiger partial charge in [-0.2, -0.15) is 0 Å². The first-order chi connectivity index (χ1) is 10.2. The second-order valence-corrected chi connectivity index (χ2v) is 5.26. The lowest BCUT2D eigenvalue weighted by atomic mass is 10.2. The molecule has 0 saturated heterocycles. The van der Waals surface area contributed by atoms with E-state index in [0.717, 1.165) is 43.2 Å². The summed E-state index contributed by atoms with van der Waals surface area (Å²) in [4.78, 5) is 0. The number of hydrogen-bond donors (Lipinski definition) is 1. The minimum absolute atomic E-state index is 0.472. The fourth-order valence-corrected chi connectivity index (χ4v) is 2.21. The van der Waals surface area contributed by atoms with Crippen molar-refractivity contribution in [2.75, 3.05) is 6.54 Å². The lowest BCUT2D eigenvalue weighted by Crippen LogP contribution is -2.13. The fraction of sp³-hybridized carbons (Fsp3) is 0.444. The van der Waals surface area contributed by atoms with Gasteiger partial charge in [-0.25, -0.2) is 0 Å². The van der Waals surface area contributed by atoms with E-state index in [1.165, 1.54) is 11.1 Å². The normalized spacial score (nSPS) is 10.8. The standard InChI is InChI=1S/C18H25NO2/c1-4-10-19-12-16-11-18(21-14(16)3)13-20-17-8-6-15(5-2)7-9-17/h6-9,11,19H,4-5,10,12-13H2,1-3H3. The summed E-state index contributed by atoms with van der Waals surface area (Å²) in [6.07, 6.45) is 2.19. The number of ether oxygens (including phenoxy) is 1. The number of rotatable bonds is 8. The molecule has 0 unspecified atom stereocenters. The van der Waals surface area contributed by atoms with Crippen molar-refractivity contribution >= 4 is 0 Å². The highest BCUT2D eigenvalue weighted by Crippen LogP contribution is 2.18. The zero-order valence-electron chi connectivity index (χ0n) is 13.2. The minimum Gasteiger partial charge on any atom is -0.486 e. The van der Waals surface area contributed by atoms with Crippen LogP contribution < -0.4 is 10.1 Å². The molecule has 2 rings (SSSR count). The molecular weight excluding hydrogens is 262 g/mol. The lowest BCUT2D eigenvalue weighted by Gasteiger charge is -2.04. The molecule has 0 bridgehead atoms. The lowest BCUT2D eigenvalue weighted by molar-refractivity contribution is 0.267. The molecule has 2 aromatic rings. The molecule has 0 aliphatic carbocycles. The zero-order valence-corrected chi connectivity index (χ0v) is 13.2. The van der Waals surface area contributed by atoms with Crippen LogP contribution in [0, 0.1) is 6.92 Å². The maximum absolute atomic E-state index is 5.77. The van der Waals surface area contributed by atoms with Gasteiger partial charge >= 0.3 is 0 Å². The van der Waals surface area contributed by atoms with E-state index in [2.05, 4.69) is 37.4 Å². The van der Waals surface area contributed by atoms with Gasteiger partial charge in [0.1, 0.15) is 23.9 Å². The van der Waals surface area contributed by atoms with Gasteiger partial charge in [-0.1, -0.05) is 26.0 Å². The van der Waals surface area contributed by atoms with Gasteiger partial charge in [-0.3, -0.25) is 0 Å². The Bertz CT molecular complexity index is 543. The number of hydrogen-bond acceptors (Lipinski definition) is 3. The van der Waals surface area contributed by atoms with Crippen LogP contribution in [-0.4, -0.2) is 6.54 Å². The molecule has 21 heavy (non-hydrogen) atoms. The molecule has 0 radical (unpaired) electrons. The molecular formula is C18H25NO2. The van der Waals surface area contributed by atoms with Crippen molar-refractivity contribution in [1.29, 1.82) is 0 Å². The highest BCUT2D eigenvalue weighted by Gasteiger charge is 2.07. The van der Waals surface area contributed by atoms with Crippen LogP contribution in [0.4, 0.5) is 0 Å². The van der Waals surface area contributed by atoms with Crippen molar-refractivity contribution in [2.24, 2.45) is 0 Å². The van der Waals surface area contributed by atoms with Crippen LogP contribution in [0.5, 0.6) is 5.75 Å². The average Bonchev–Trinajstić information content (AvgIpc) is 2.86. The van der Waals surface area contributed by atoms with Gasteiger partial charge in [-0.15, -0.1) is 0 Å². The maximum atomic E-state index is 5.77. The highest BCUT2D eigenvalue weighted by molar-refractivity contribution is 5.27. The fourth-order valence-electron chi connectivity index (χ4n) is 2.21. The quantitative estimate of drug-likeness (QED) is 0.738. The SMILES string of the molecule is CCCNCc1cc(COc2ccc(CC)cc2)oc1C. The van der Waals surface area contributed by atoms with Gasteiger partial charge < -0.3 is 14.5 Å². The molecule has 0 atom stereocenters. The first-order valence-corrected chi connectivity index (χ1v) is 7.73. The maximum Gasteiger partial charge on any atom is 0.146 e. The predicted octanol–water partition coefficient (Wildman–Crippen LogP) is 4.23. The number of aryl methyl sites for hydroxylation is 2. The zero-order chi connectivity index (χ0) is 15.1. The van der Waals surface area contributed by atoms with E-state index >= 15 is 0 Å². The van der Waals surface area contributed by atoms with Crippen LogP contribution in [0.1, 0.15) is 42.9 Å². The number of benzene rings is 1. The van der Waals surface area contributed by atoms with Crippen LogP contribution in [-0.2, 0) is 19.6 Å². The van der Waals surface area contributed by atoms with Crippen LogP contribution in [0.15, 0.2) is 34.7 Å². The summed E-state index contributed by atoms with van der Waals surface area (Å²) in [5.41, 5.74) is 2.53. The highest BCUT2D eigenvalue weighted by atomic mass is 16.5. The third kappa shape index (κ3) is 4.64. The van der Waals surface area contributed by atoms with Gasteiger partial charge in [0.2, 0.25) is 0 Å². The summed E-state index contributed by atoms with van der Waals surface area (Å²) < 4.78 is 11.5. The molecule has 1 aromatic heterocycles. The van der Waals surface area contributed by atoms with Crippen LogP contribution in [0.3, 0.4) is 0 Å². The predicted molar refractivity (Wildman–Crippen MR) is 85.6 cm³/mol. The summed E-state index contributed by atoms with van der Waals surface area (Å²) in [5.74, 6) is 2.73. The van der Waals surface area contributed by atoms with Crippen molar-refractivity contribution in [1.82, 2.24) is 5.32 Å². The molecule has 0 aliphatic rings. The number of furan rings is 1. The van der Waals surface area contributed by atoms with Crippen molar-refractivity contribution in [3.05, 3.63) is 53.0 Å². The Morgan fingerprint density at radius 3 is 2.57 bits per heavy atom. The smallest absolute Gasteiger partial charge is 0.146 e. The Labute approximate surface area is 127 Å². The van der Waals surface area contributed by atoms with Gasteiger partial charge in [0.25, 0.3) is 0 Å². The van der Waals surface area contributed by atoms with Crippen molar-refractivity contribution < 1.29 is 9.15 Å². The molecule has 0 saturated carbocycles. The van der Waals surface area contributed by atoms with Gasteiger partial charge in [0, 0.05) is 12.1 Å². The topological polar surface area (TPSA) is 34.4 Å². The van der Waals surface area contributed by atoms with Gasteiger partial charge in [0.15, 0.2) is 0 Å². The molecule has 3 nitrogen and oxygen atoms in total. The minimum atomic E-state index is 0.472. The first-order valence-electron chi connectivity index (χ1n) is 7.73. The van der Waals surface area contributed by atoms with E-state index in [1.807, 2.05) is 19.1 Å². The van der Waals surface area contributed by atoms with E-state index in [4.69, 9.17) is 9.15 Å². The van der Waals surface area contributed by atoms with E-state index in [9.17, 15) is 0 Å². The van der Waals surface area contributed by atoms with Crippen molar-refractivity contribution in [3.8, 4) is 5.75 Å². The number of nitrogens with one attached hydrogen (secondary N) is 1. The molecule has 3 heteroatoms. The largest absolute Gasteiger partial charge is 0.486 e. The van der Waals surface area contributed by atoms with E-state index in [0.29, 0.717) is 6.61 Å². The summed E-state index contributed by atoms with van der Waals surface area (Å²) in [6, 6.07) is 10.3. The van der Waals surface area contributed by atoms with Crippen LogP contribution >= 0.6 is 0 Å². The monoisotopic (exact) mass is 287 g/mol. The third-order valence-electron chi connectivity index (χ3n) is 3.53.